The van der Waals surface area contributed by atoms with Crippen LogP contribution in [0.5, 0.6) is 23.0 Å². The molecule has 3 rings (SSSR count). The fourth-order valence-electron chi connectivity index (χ4n) is 2.54. The van der Waals surface area contributed by atoms with E-state index in [2.05, 4.69) is 0 Å². The zero-order chi connectivity index (χ0) is 14.3. The van der Waals surface area contributed by atoms with Gasteiger partial charge < -0.3 is 19.7 Å². The summed E-state index contributed by atoms with van der Waals surface area (Å²) < 4.78 is 10.5. The Morgan fingerprint density at radius 1 is 0.850 bits per heavy atom. The van der Waals surface area contributed by atoms with Crippen LogP contribution >= 0.6 is 0 Å². The number of benzene rings is 3. The van der Waals surface area contributed by atoms with E-state index in [0.717, 1.165) is 10.8 Å². The Kier molecular flexibility index (Phi) is 2.79. The molecule has 0 radical (unpaired) electrons. The van der Waals surface area contributed by atoms with Gasteiger partial charge in [0.1, 0.15) is 5.75 Å². The Morgan fingerprint density at radius 2 is 1.60 bits per heavy atom. The van der Waals surface area contributed by atoms with Gasteiger partial charge in [-0.05, 0) is 22.9 Å². The van der Waals surface area contributed by atoms with Crippen LogP contribution < -0.4 is 9.47 Å². The summed E-state index contributed by atoms with van der Waals surface area (Å²) in [4.78, 5) is 0. The van der Waals surface area contributed by atoms with Gasteiger partial charge in [0.05, 0.1) is 14.2 Å². The predicted octanol–water partition coefficient (Wildman–Crippen LogP) is 3.42. The van der Waals surface area contributed by atoms with E-state index in [9.17, 15) is 10.2 Å². The zero-order valence-corrected chi connectivity index (χ0v) is 11.2. The van der Waals surface area contributed by atoms with Crippen LogP contribution in [-0.2, 0) is 0 Å². The minimum Gasteiger partial charge on any atom is -0.507 e. The lowest BCUT2D eigenvalue weighted by Gasteiger charge is -2.14. The molecule has 4 heteroatoms. The molecule has 0 aliphatic heterocycles. The number of hydrogen-bond acceptors (Lipinski definition) is 4. The van der Waals surface area contributed by atoms with Crippen molar-refractivity contribution in [1.82, 2.24) is 0 Å². The third-order valence-corrected chi connectivity index (χ3v) is 3.44. The van der Waals surface area contributed by atoms with E-state index in [4.69, 9.17) is 9.47 Å². The molecule has 2 N–H and O–H groups in total. The first-order valence-corrected chi connectivity index (χ1v) is 6.15. The Bertz CT molecular complexity index is 809. The molecule has 0 aliphatic carbocycles. The van der Waals surface area contributed by atoms with E-state index >= 15 is 0 Å². The van der Waals surface area contributed by atoms with Crippen molar-refractivity contribution in [2.45, 2.75) is 0 Å². The molecule has 0 saturated carbocycles. The highest BCUT2D eigenvalue weighted by Gasteiger charge is 2.17. The number of ether oxygens (including phenoxy) is 2. The van der Waals surface area contributed by atoms with Crippen molar-refractivity contribution in [2.75, 3.05) is 14.2 Å². The van der Waals surface area contributed by atoms with Crippen molar-refractivity contribution in [2.24, 2.45) is 0 Å². The molecule has 0 unspecified atom stereocenters. The normalized spacial score (nSPS) is 10.9. The van der Waals surface area contributed by atoms with Gasteiger partial charge in [0, 0.05) is 10.8 Å². The highest BCUT2D eigenvalue weighted by atomic mass is 16.5. The van der Waals surface area contributed by atoms with E-state index in [1.807, 2.05) is 18.2 Å². The standard InChI is InChI=1S/C16H14O4/c1-19-12-8-10-7-6-9-4-3-5-11(17)13(9)14(10)16(20-2)15(12)18/h3-8,17-18H,1-2H3. The van der Waals surface area contributed by atoms with Gasteiger partial charge in [-0.15, -0.1) is 0 Å². The topological polar surface area (TPSA) is 58.9 Å². The van der Waals surface area contributed by atoms with E-state index in [-0.39, 0.29) is 11.5 Å². The second kappa shape index (κ2) is 4.49. The van der Waals surface area contributed by atoms with Crippen molar-refractivity contribution in [3.8, 4) is 23.0 Å². The minimum absolute atomic E-state index is 0.0711. The highest BCUT2D eigenvalue weighted by Crippen LogP contribution is 2.46. The van der Waals surface area contributed by atoms with E-state index in [0.29, 0.717) is 22.3 Å². The van der Waals surface area contributed by atoms with Crippen molar-refractivity contribution in [3.05, 3.63) is 36.4 Å². The maximum atomic E-state index is 10.2. The molecule has 0 aromatic heterocycles. The summed E-state index contributed by atoms with van der Waals surface area (Å²) >= 11 is 0. The Balaban J connectivity index is 2.59. The van der Waals surface area contributed by atoms with Crippen molar-refractivity contribution in [3.63, 3.8) is 0 Å². The molecule has 0 atom stereocenters. The summed E-state index contributed by atoms with van der Waals surface area (Å²) in [7, 11) is 2.96. The third kappa shape index (κ3) is 1.61. The molecule has 4 nitrogen and oxygen atoms in total. The molecule has 3 aromatic carbocycles. The second-order valence-electron chi connectivity index (χ2n) is 4.50. The smallest absolute Gasteiger partial charge is 0.201 e. The van der Waals surface area contributed by atoms with E-state index in [1.165, 1.54) is 14.2 Å². The monoisotopic (exact) mass is 270 g/mol. The Labute approximate surface area is 115 Å². The van der Waals surface area contributed by atoms with Crippen molar-refractivity contribution in [1.29, 1.82) is 0 Å². The molecule has 0 bridgehead atoms. The lowest BCUT2D eigenvalue weighted by Crippen LogP contribution is -1.91. The summed E-state index contributed by atoms with van der Waals surface area (Å²) in [6.45, 7) is 0. The predicted molar refractivity (Wildman–Crippen MR) is 77.9 cm³/mol. The molecule has 0 aliphatic rings. The van der Waals surface area contributed by atoms with Gasteiger partial charge in [0.25, 0.3) is 0 Å². The first-order chi connectivity index (χ1) is 9.67. The molecule has 0 saturated heterocycles. The van der Waals surface area contributed by atoms with Crippen molar-refractivity contribution >= 4 is 21.5 Å². The lowest BCUT2D eigenvalue weighted by molar-refractivity contribution is 0.343. The fourth-order valence-corrected chi connectivity index (χ4v) is 2.54. The van der Waals surface area contributed by atoms with Crippen LogP contribution in [0.3, 0.4) is 0 Å². The number of methoxy groups -OCH3 is 2. The largest absolute Gasteiger partial charge is 0.507 e. The number of aromatic hydroxyl groups is 2. The molecule has 0 spiro atoms. The molecule has 0 heterocycles. The number of hydrogen-bond donors (Lipinski definition) is 2. The first kappa shape index (κ1) is 12.4. The molecule has 0 amide bonds. The van der Waals surface area contributed by atoms with Crippen LogP contribution in [0.25, 0.3) is 21.5 Å². The molecule has 3 aromatic rings. The summed E-state index contributed by atoms with van der Waals surface area (Å²) in [5, 5.41) is 23.4. The van der Waals surface area contributed by atoms with Gasteiger partial charge in [-0.2, -0.15) is 0 Å². The van der Waals surface area contributed by atoms with Gasteiger partial charge in [-0.25, -0.2) is 0 Å². The van der Waals surface area contributed by atoms with E-state index < -0.39 is 0 Å². The molecule has 20 heavy (non-hydrogen) atoms. The van der Waals surface area contributed by atoms with Crippen LogP contribution in [0.1, 0.15) is 0 Å². The Hall–Kier alpha value is -2.62. The lowest BCUT2D eigenvalue weighted by atomic mass is 9.99. The number of rotatable bonds is 2. The Morgan fingerprint density at radius 3 is 2.30 bits per heavy atom. The molecular weight excluding hydrogens is 256 g/mol. The zero-order valence-electron chi connectivity index (χ0n) is 11.2. The summed E-state index contributed by atoms with van der Waals surface area (Å²) in [5.74, 6) is 0.713. The highest BCUT2D eigenvalue weighted by molar-refractivity contribution is 6.14. The van der Waals surface area contributed by atoms with Gasteiger partial charge in [0.2, 0.25) is 5.75 Å². The summed E-state index contributed by atoms with van der Waals surface area (Å²) in [5.41, 5.74) is 0. The maximum absolute atomic E-state index is 10.2. The fraction of sp³-hybridized carbons (Fsp3) is 0.125. The second-order valence-corrected chi connectivity index (χ2v) is 4.50. The number of fused-ring (bicyclic) bond motifs is 3. The molecular formula is C16H14O4. The van der Waals surface area contributed by atoms with Gasteiger partial charge >= 0.3 is 0 Å². The quantitative estimate of drug-likeness (QED) is 0.700. The van der Waals surface area contributed by atoms with Crippen LogP contribution in [0.15, 0.2) is 36.4 Å². The maximum Gasteiger partial charge on any atom is 0.201 e. The first-order valence-electron chi connectivity index (χ1n) is 6.15. The van der Waals surface area contributed by atoms with Crippen molar-refractivity contribution < 1.29 is 19.7 Å². The minimum atomic E-state index is -0.0711. The van der Waals surface area contributed by atoms with Gasteiger partial charge in [-0.3, -0.25) is 0 Å². The third-order valence-electron chi connectivity index (χ3n) is 3.44. The number of phenolic OH excluding ortho intramolecular Hbond substituents is 2. The van der Waals surface area contributed by atoms with Crippen LogP contribution in [0, 0.1) is 0 Å². The average Bonchev–Trinajstić information content (AvgIpc) is 2.46. The van der Waals surface area contributed by atoms with Gasteiger partial charge in [0.15, 0.2) is 11.5 Å². The van der Waals surface area contributed by atoms with E-state index in [1.54, 1.807) is 18.2 Å². The van der Waals surface area contributed by atoms with Crippen LogP contribution in [0.4, 0.5) is 0 Å². The SMILES string of the molecule is COc1cc2ccc3cccc(O)c3c2c(OC)c1O. The average molecular weight is 270 g/mol. The summed E-state index contributed by atoms with van der Waals surface area (Å²) in [6, 6.07) is 10.8. The number of phenols is 2. The van der Waals surface area contributed by atoms with Crippen LogP contribution in [0.2, 0.25) is 0 Å². The molecule has 0 fully saturated rings. The molecule has 102 valence electrons. The van der Waals surface area contributed by atoms with Crippen LogP contribution in [-0.4, -0.2) is 24.4 Å². The summed E-state index contributed by atoms with van der Waals surface area (Å²) in [6.07, 6.45) is 0. The van der Waals surface area contributed by atoms with Gasteiger partial charge in [-0.1, -0.05) is 24.3 Å².